The first-order chi connectivity index (χ1) is 13.1. The average molecular weight is 372 g/mol. The topological polar surface area (TPSA) is 69.9 Å². The number of hydrogen-bond acceptors (Lipinski definition) is 5. The first kappa shape index (κ1) is 19.4. The molecule has 1 aliphatic carbocycles. The summed E-state index contributed by atoms with van der Waals surface area (Å²) < 4.78 is 0. The molecule has 146 valence electrons. The van der Waals surface area contributed by atoms with Crippen molar-refractivity contribution in [1.82, 2.24) is 9.80 Å². The Morgan fingerprint density at radius 3 is 2.41 bits per heavy atom. The third kappa shape index (κ3) is 4.86. The molecule has 0 aromatic heterocycles. The zero-order valence-corrected chi connectivity index (χ0v) is 16.0. The summed E-state index contributed by atoms with van der Waals surface area (Å²) in [6.45, 7) is 6.51. The van der Waals surface area contributed by atoms with Gasteiger partial charge in [0.05, 0.1) is 11.5 Å². The number of allylic oxidation sites excluding steroid dienone is 2. The lowest BCUT2D eigenvalue weighted by Gasteiger charge is -2.37. The number of rotatable bonds is 6. The number of benzene rings is 1. The molecule has 0 radical (unpaired) electrons. The van der Waals surface area contributed by atoms with E-state index in [1.807, 2.05) is 11.8 Å². The molecule has 1 saturated heterocycles. The average Bonchev–Trinajstić information content (AvgIpc) is 2.70. The van der Waals surface area contributed by atoms with E-state index in [9.17, 15) is 14.9 Å². The Morgan fingerprint density at radius 2 is 1.85 bits per heavy atom. The summed E-state index contributed by atoms with van der Waals surface area (Å²) in [5.74, 6) is 0.189. The Balaban J connectivity index is 1.52. The van der Waals surface area contributed by atoms with Crippen molar-refractivity contribution in [3.8, 4) is 0 Å². The molecule has 1 aromatic rings. The number of hydrogen-bond donors (Lipinski definition) is 0. The maximum Gasteiger partial charge on any atom is 0.269 e. The highest BCUT2D eigenvalue weighted by atomic mass is 16.6. The molecule has 0 unspecified atom stereocenters. The monoisotopic (exact) mass is 372 g/mol. The molecule has 0 bridgehead atoms. The lowest BCUT2D eigenvalue weighted by atomic mass is 10.0. The van der Waals surface area contributed by atoms with Crippen molar-refractivity contribution in [2.45, 2.75) is 32.6 Å². The predicted octanol–water partition coefficient (Wildman–Crippen LogP) is 3.02. The van der Waals surface area contributed by atoms with Crippen LogP contribution in [0.2, 0.25) is 0 Å². The van der Waals surface area contributed by atoms with Crippen LogP contribution in [-0.2, 0) is 4.79 Å². The van der Waals surface area contributed by atoms with Gasteiger partial charge in [-0.15, -0.1) is 0 Å². The number of nitro groups is 1. The van der Waals surface area contributed by atoms with E-state index in [2.05, 4.69) is 15.9 Å². The van der Waals surface area contributed by atoms with Crippen molar-refractivity contribution in [2.75, 3.05) is 44.2 Å². The van der Waals surface area contributed by atoms with Crippen molar-refractivity contribution in [3.05, 3.63) is 46.2 Å². The molecule has 0 spiro atoms. The maximum atomic E-state index is 12.8. The summed E-state index contributed by atoms with van der Waals surface area (Å²) in [7, 11) is 0. The summed E-state index contributed by atoms with van der Waals surface area (Å²) >= 11 is 0. The Morgan fingerprint density at radius 1 is 1.15 bits per heavy atom. The van der Waals surface area contributed by atoms with E-state index in [1.165, 1.54) is 18.5 Å². The van der Waals surface area contributed by atoms with Gasteiger partial charge in [-0.2, -0.15) is 0 Å². The Hall–Kier alpha value is -2.41. The minimum Gasteiger partial charge on any atom is -0.369 e. The second kappa shape index (κ2) is 8.99. The SMILES string of the molecule is CCN(C(=O)CN1CCN(c2ccc([N+](=O)[O-])cc2)CC1)C1=CCCCC1. The van der Waals surface area contributed by atoms with Crippen LogP contribution in [0.4, 0.5) is 11.4 Å². The normalized spacial score (nSPS) is 18.1. The van der Waals surface area contributed by atoms with E-state index in [0.717, 1.165) is 51.3 Å². The summed E-state index contributed by atoms with van der Waals surface area (Å²) in [6.07, 6.45) is 6.70. The van der Waals surface area contributed by atoms with Gasteiger partial charge in [-0.05, 0) is 44.7 Å². The second-order valence-electron chi connectivity index (χ2n) is 7.12. The number of anilines is 1. The summed E-state index contributed by atoms with van der Waals surface area (Å²) in [5.41, 5.74) is 2.30. The summed E-state index contributed by atoms with van der Waals surface area (Å²) in [6, 6.07) is 6.69. The third-order valence-corrected chi connectivity index (χ3v) is 5.39. The van der Waals surface area contributed by atoms with Gasteiger partial charge in [0.25, 0.3) is 5.69 Å². The molecular formula is C20H28N4O3. The zero-order valence-electron chi connectivity index (χ0n) is 16.0. The molecule has 3 rings (SSSR count). The number of non-ortho nitro benzene ring substituents is 1. The fourth-order valence-corrected chi connectivity index (χ4v) is 3.83. The molecule has 1 heterocycles. The fraction of sp³-hybridized carbons (Fsp3) is 0.550. The van der Waals surface area contributed by atoms with E-state index in [1.54, 1.807) is 24.3 Å². The van der Waals surface area contributed by atoms with Crippen molar-refractivity contribution in [3.63, 3.8) is 0 Å². The molecule has 7 nitrogen and oxygen atoms in total. The van der Waals surface area contributed by atoms with Crippen LogP contribution in [0.5, 0.6) is 0 Å². The van der Waals surface area contributed by atoms with E-state index >= 15 is 0 Å². The predicted molar refractivity (Wildman–Crippen MR) is 106 cm³/mol. The molecule has 7 heteroatoms. The number of nitro benzene ring substituents is 1. The van der Waals surface area contributed by atoms with E-state index < -0.39 is 0 Å². The lowest BCUT2D eigenvalue weighted by molar-refractivity contribution is -0.384. The second-order valence-corrected chi connectivity index (χ2v) is 7.12. The molecule has 0 N–H and O–H groups in total. The van der Waals surface area contributed by atoms with E-state index in [-0.39, 0.29) is 16.5 Å². The van der Waals surface area contributed by atoms with Crippen LogP contribution in [-0.4, -0.2) is 59.9 Å². The van der Waals surface area contributed by atoms with Crippen LogP contribution in [0.15, 0.2) is 36.0 Å². The molecule has 0 atom stereocenters. The zero-order chi connectivity index (χ0) is 19.2. The van der Waals surface area contributed by atoms with Gasteiger partial charge in [-0.3, -0.25) is 19.8 Å². The molecule has 27 heavy (non-hydrogen) atoms. The third-order valence-electron chi connectivity index (χ3n) is 5.39. The molecule has 1 amide bonds. The number of likely N-dealkylation sites (N-methyl/N-ethyl adjacent to an activating group) is 1. The van der Waals surface area contributed by atoms with Gasteiger partial charge in [-0.25, -0.2) is 0 Å². The van der Waals surface area contributed by atoms with E-state index in [0.29, 0.717) is 6.54 Å². The molecule has 1 fully saturated rings. The highest BCUT2D eigenvalue weighted by molar-refractivity contribution is 5.80. The van der Waals surface area contributed by atoms with Gasteiger partial charge in [0.2, 0.25) is 5.91 Å². The van der Waals surface area contributed by atoms with Gasteiger partial charge >= 0.3 is 0 Å². The first-order valence-corrected chi connectivity index (χ1v) is 9.79. The first-order valence-electron chi connectivity index (χ1n) is 9.79. The summed E-state index contributed by atoms with van der Waals surface area (Å²) in [4.78, 5) is 29.5. The quantitative estimate of drug-likeness (QED) is 0.567. The van der Waals surface area contributed by atoms with Crippen molar-refractivity contribution in [2.24, 2.45) is 0 Å². The molecule has 0 saturated carbocycles. The summed E-state index contributed by atoms with van der Waals surface area (Å²) in [5, 5.41) is 10.8. The molecule has 2 aliphatic rings. The minimum absolute atomic E-state index is 0.111. The van der Waals surface area contributed by atoms with Crippen molar-refractivity contribution in [1.29, 1.82) is 0 Å². The van der Waals surface area contributed by atoms with Crippen LogP contribution >= 0.6 is 0 Å². The number of carbonyl (C=O) groups is 1. The Labute approximate surface area is 160 Å². The van der Waals surface area contributed by atoms with Crippen LogP contribution in [0.1, 0.15) is 32.6 Å². The Bertz CT molecular complexity index is 694. The van der Waals surface area contributed by atoms with Crippen LogP contribution in [0, 0.1) is 10.1 Å². The number of piperazine rings is 1. The number of carbonyl (C=O) groups excluding carboxylic acids is 1. The van der Waals surface area contributed by atoms with Crippen molar-refractivity contribution < 1.29 is 9.72 Å². The van der Waals surface area contributed by atoms with Crippen LogP contribution in [0.25, 0.3) is 0 Å². The highest BCUT2D eigenvalue weighted by Crippen LogP contribution is 2.22. The fourth-order valence-electron chi connectivity index (χ4n) is 3.83. The van der Waals surface area contributed by atoms with Crippen LogP contribution in [0.3, 0.4) is 0 Å². The highest BCUT2D eigenvalue weighted by Gasteiger charge is 2.23. The standard InChI is InChI=1S/C20H28N4O3/c1-2-23(18-6-4-3-5-7-18)20(25)16-21-12-14-22(15-13-21)17-8-10-19(11-9-17)24(26)27/h6,8-11H,2-5,7,12-16H2,1H3. The van der Waals surface area contributed by atoms with Crippen molar-refractivity contribution >= 4 is 17.3 Å². The molecule has 1 aliphatic heterocycles. The Kier molecular flexibility index (Phi) is 6.45. The number of nitrogens with zero attached hydrogens (tertiary/aromatic N) is 4. The minimum atomic E-state index is -0.380. The van der Waals surface area contributed by atoms with Gasteiger partial charge in [0.15, 0.2) is 0 Å². The molecule has 1 aromatic carbocycles. The lowest BCUT2D eigenvalue weighted by Crippen LogP contribution is -2.50. The molecular weight excluding hydrogens is 344 g/mol. The van der Waals surface area contributed by atoms with Gasteiger partial charge in [-0.1, -0.05) is 6.08 Å². The maximum absolute atomic E-state index is 12.8. The van der Waals surface area contributed by atoms with Crippen LogP contribution < -0.4 is 4.90 Å². The largest absolute Gasteiger partial charge is 0.369 e. The number of amides is 1. The smallest absolute Gasteiger partial charge is 0.269 e. The van der Waals surface area contributed by atoms with Gasteiger partial charge in [0.1, 0.15) is 0 Å². The van der Waals surface area contributed by atoms with Gasteiger partial charge in [0, 0.05) is 56.2 Å². The van der Waals surface area contributed by atoms with Gasteiger partial charge < -0.3 is 9.80 Å². The van der Waals surface area contributed by atoms with E-state index in [4.69, 9.17) is 0 Å².